The number of carboxylic acid groups (broad SMARTS) is 1. The SMILES string of the molecule is CC/C=C/C=C/C=C/C=C/C=C/C=C/CCCCCC(=O)OCC(COCCC(C(=O)[O-])[N+](C)(C)C)OC(=O)CCCCCCCCC/C=C/CCCCCCCCCCCC. The lowest BCUT2D eigenvalue weighted by atomic mass is 10.1. The molecule has 0 aromatic rings. The van der Waals surface area contributed by atoms with Gasteiger partial charge in [0.1, 0.15) is 12.6 Å². The number of hydrogen-bond donors (Lipinski definition) is 0. The van der Waals surface area contributed by atoms with E-state index in [-0.39, 0.29) is 42.7 Å². The molecule has 0 amide bonds. The molecule has 0 saturated carbocycles. The van der Waals surface area contributed by atoms with Crippen LogP contribution in [-0.2, 0) is 28.6 Å². The molecule has 8 heteroatoms. The van der Waals surface area contributed by atoms with Gasteiger partial charge in [0.05, 0.1) is 40.3 Å². The quantitative estimate of drug-likeness (QED) is 0.0198. The third kappa shape index (κ3) is 41.8. The molecule has 0 bridgehead atoms. The topological polar surface area (TPSA) is 102 Å². The molecule has 0 rings (SSSR count). The van der Waals surface area contributed by atoms with Crippen molar-refractivity contribution in [2.75, 3.05) is 41.0 Å². The van der Waals surface area contributed by atoms with Crippen molar-refractivity contribution >= 4 is 17.9 Å². The molecule has 0 fully saturated rings. The lowest BCUT2D eigenvalue weighted by molar-refractivity contribution is -0.889. The van der Waals surface area contributed by atoms with Crippen LogP contribution < -0.4 is 5.11 Å². The molecule has 2 unspecified atom stereocenters. The van der Waals surface area contributed by atoms with E-state index < -0.39 is 18.1 Å². The molecule has 62 heavy (non-hydrogen) atoms. The fourth-order valence-corrected chi connectivity index (χ4v) is 6.86. The van der Waals surface area contributed by atoms with Crippen LogP contribution in [-0.4, -0.2) is 75.5 Å². The van der Waals surface area contributed by atoms with Crippen molar-refractivity contribution in [2.45, 2.75) is 199 Å². The molecule has 0 aliphatic carbocycles. The van der Waals surface area contributed by atoms with Crippen LogP contribution in [0, 0.1) is 0 Å². The standard InChI is InChI=1S/C54H91NO7/c1-6-8-10-12-14-16-18-20-22-24-25-26-27-29-31-33-35-37-39-41-43-45-53(57)62-50(48-60-47-46-51(54(58)59)55(3,4)5)49-61-52(56)44-42-40-38-36-34-32-30-28-23-21-19-17-15-13-11-9-7-2/h9,11,13,15,17,19,21,23,26-28,30,32,34,50-51H,6-8,10,12,14,16,18,20,22,24-25,29,31,33,35-49H2,1-5H3/b11-9+,15-13+,19-17+,23-21+,27-26+,30-28+,34-32+. The molecule has 0 spiro atoms. The maximum Gasteiger partial charge on any atom is 0.306 e. The predicted octanol–water partition coefficient (Wildman–Crippen LogP) is 12.7. The number of rotatable bonds is 43. The number of likely N-dealkylation sites (N-methyl/N-ethyl adjacent to an activating group) is 1. The Labute approximate surface area is 380 Å². The highest BCUT2D eigenvalue weighted by Crippen LogP contribution is 2.14. The number of quaternary nitrogens is 1. The molecule has 354 valence electrons. The highest BCUT2D eigenvalue weighted by Gasteiger charge is 2.25. The summed E-state index contributed by atoms with van der Waals surface area (Å²) in [6, 6.07) is -0.739. The minimum absolute atomic E-state index is 0.0198. The van der Waals surface area contributed by atoms with Gasteiger partial charge in [-0.15, -0.1) is 0 Å². The van der Waals surface area contributed by atoms with E-state index in [1.165, 1.54) is 103 Å². The molecule has 0 aliphatic heterocycles. The lowest BCUT2D eigenvalue weighted by Crippen LogP contribution is -2.55. The Hall–Kier alpha value is -3.49. The zero-order chi connectivity index (χ0) is 45.6. The fraction of sp³-hybridized carbons (Fsp3) is 0.685. The van der Waals surface area contributed by atoms with E-state index in [9.17, 15) is 19.5 Å². The summed E-state index contributed by atoms with van der Waals surface area (Å²) < 4.78 is 17.2. The van der Waals surface area contributed by atoms with Crippen molar-refractivity contribution in [2.24, 2.45) is 0 Å². The van der Waals surface area contributed by atoms with Crippen LogP contribution in [0.2, 0.25) is 0 Å². The van der Waals surface area contributed by atoms with Gasteiger partial charge in [-0.05, 0) is 57.8 Å². The van der Waals surface area contributed by atoms with E-state index in [2.05, 4.69) is 38.2 Å². The number of carboxylic acids is 1. The van der Waals surface area contributed by atoms with Crippen LogP contribution in [0.5, 0.6) is 0 Å². The van der Waals surface area contributed by atoms with Gasteiger partial charge in [0.25, 0.3) is 0 Å². The molecule has 0 aromatic heterocycles. The van der Waals surface area contributed by atoms with Crippen LogP contribution in [0.4, 0.5) is 0 Å². The average molecular weight is 866 g/mol. The van der Waals surface area contributed by atoms with Gasteiger partial charge in [-0.1, -0.05) is 195 Å². The molecule has 0 aliphatic rings. The van der Waals surface area contributed by atoms with Gasteiger partial charge in [-0.25, -0.2) is 0 Å². The molecule has 2 atom stereocenters. The van der Waals surface area contributed by atoms with Gasteiger partial charge in [0, 0.05) is 19.3 Å². The van der Waals surface area contributed by atoms with Gasteiger partial charge in [0.15, 0.2) is 6.10 Å². The van der Waals surface area contributed by atoms with E-state index in [4.69, 9.17) is 14.2 Å². The first kappa shape index (κ1) is 58.5. The summed E-state index contributed by atoms with van der Waals surface area (Å²) in [7, 11) is 5.39. The Balaban J connectivity index is 4.36. The summed E-state index contributed by atoms with van der Waals surface area (Å²) in [6.45, 7) is 4.47. The minimum Gasteiger partial charge on any atom is -0.544 e. The maximum absolute atomic E-state index is 12.8. The Morgan fingerprint density at radius 1 is 0.500 bits per heavy atom. The highest BCUT2D eigenvalue weighted by atomic mass is 16.6. The summed E-state index contributed by atoms with van der Waals surface area (Å²) >= 11 is 0. The van der Waals surface area contributed by atoms with Gasteiger partial charge in [-0.2, -0.15) is 0 Å². The highest BCUT2D eigenvalue weighted by molar-refractivity contribution is 5.70. The monoisotopic (exact) mass is 866 g/mol. The Morgan fingerprint density at radius 2 is 0.919 bits per heavy atom. The van der Waals surface area contributed by atoms with Crippen LogP contribution in [0.3, 0.4) is 0 Å². The third-order valence-corrected chi connectivity index (χ3v) is 10.7. The molecular formula is C54H91NO7. The number of carbonyl (C=O) groups is 3. The largest absolute Gasteiger partial charge is 0.544 e. The number of hydrogen-bond acceptors (Lipinski definition) is 7. The summed E-state index contributed by atoms with van der Waals surface area (Å²) in [5.41, 5.74) is 0. The summed E-state index contributed by atoms with van der Waals surface area (Å²) in [4.78, 5) is 37.0. The van der Waals surface area contributed by atoms with Crippen molar-refractivity contribution in [1.82, 2.24) is 0 Å². The first-order chi connectivity index (χ1) is 30.1. The third-order valence-electron chi connectivity index (χ3n) is 10.7. The Kier molecular flexibility index (Phi) is 41.6. The van der Waals surface area contributed by atoms with Crippen molar-refractivity contribution < 1.29 is 38.2 Å². The molecule has 0 aromatic carbocycles. The van der Waals surface area contributed by atoms with E-state index in [1.54, 1.807) is 21.1 Å². The van der Waals surface area contributed by atoms with Crippen LogP contribution >= 0.6 is 0 Å². The Morgan fingerprint density at radius 3 is 1.40 bits per heavy atom. The van der Waals surface area contributed by atoms with Crippen LogP contribution in [0.1, 0.15) is 187 Å². The van der Waals surface area contributed by atoms with Crippen molar-refractivity contribution in [3.05, 3.63) is 85.1 Å². The number of carbonyl (C=O) groups excluding carboxylic acids is 3. The zero-order valence-corrected chi connectivity index (χ0v) is 40.3. The number of aliphatic carboxylic acids is 1. The second-order valence-corrected chi connectivity index (χ2v) is 17.5. The molecule has 0 radical (unpaired) electrons. The number of ether oxygens (including phenoxy) is 3. The van der Waals surface area contributed by atoms with Crippen LogP contribution in [0.25, 0.3) is 0 Å². The second-order valence-electron chi connectivity index (χ2n) is 17.5. The van der Waals surface area contributed by atoms with E-state index >= 15 is 0 Å². The van der Waals surface area contributed by atoms with E-state index in [0.717, 1.165) is 44.9 Å². The maximum atomic E-state index is 12.8. The molecule has 8 nitrogen and oxygen atoms in total. The van der Waals surface area contributed by atoms with Gasteiger partial charge >= 0.3 is 11.9 Å². The lowest BCUT2D eigenvalue weighted by Gasteiger charge is -2.34. The number of nitrogens with zero attached hydrogens (tertiary/aromatic N) is 1. The summed E-state index contributed by atoms with van der Waals surface area (Å²) in [6.07, 6.45) is 57.6. The molecule has 0 N–H and O–H groups in total. The molecular weight excluding hydrogens is 775 g/mol. The summed E-state index contributed by atoms with van der Waals surface area (Å²) in [5.74, 6) is -1.80. The van der Waals surface area contributed by atoms with E-state index in [1.807, 2.05) is 60.8 Å². The normalized spacial score (nSPS) is 13.6. The van der Waals surface area contributed by atoms with Crippen molar-refractivity contribution in [3.63, 3.8) is 0 Å². The number of unbranched alkanes of at least 4 members (excludes halogenated alkanes) is 20. The average Bonchev–Trinajstić information content (AvgIpc) is 3.23. The summed E-state index contributed by atoms with van der Waals surface area (Å²) in [5, 5.41) is 11.7. The van der Waals surface area contributed by atoms with Gasteiger partial charge < -0.3 is 28.6 Å². The molecule has 0 saturated heterocycles. The van der Waals surface area contributed by atoms with Crippen molar-refractivity contribution in [1.29, 1.82) is 0 Å². The van der Waals surface area contributed by atoms with E-state index in [0.29, 0.717) is 19.3 Å². The predicted molar refractivity (Wildman–Crippen MR) is 258 cm³/mol. The smallest absolute Gasteiger partial charge is 0.306 e. The number of esters is 2. The van der Waals surface area contributed by atoms with Gasteiger partial charge in [-0.3, -0.25) is 9.59 Å². The first-order valence-electron chi connectivity index (χ1n) is 24.7. The number of allylic oxidation sites excluding steroid dienone is 14. The minimum atomic E-state index is -1.13. The zero-order valence-electron chi connectivity index (χ0n) is 40.3. The molecule has 0 heterocycles. The van der Waals surface area contributed by atoms with Crippen LogP contribution in [0.15, 0.2) is 85.1 Å². The Bertz CT molecular complexity index is 1290. The van der Waals surface area contributed by atoms with Gasteiger partial charge in [0.2, 0.25) is 0 Å². The first-order valence-corrected chi connectivity index (χ1v) is 24.7. The van der Waals surface area contributed by atoms with Crippen molar-refractivity contribution in [3.8, 4) is 0 Å². The second kappa shape index (κ2) is 44.1. The fourth-order valence-electron chi connectivity index (χ4n) is 6.86.